The Morgan fingerprint density at radius 2 is 1.82 bits per heavy atom. The molecule has 1 fully saturated rings. The molecule has 0 unspecified atom stereocenters. The Bertz CT molecular complexity index is 1210. The molecule has 0 saturated carbocycles. The number of carbonyl (C=O) groups excluding carboxylic acids is 1. The van der Waals surface area contributed by atoms with Crippen molar-refractivity contribution in [3.05, 3.63) is 48.0 Å². The molecule has 4 heterocycles. The van der Waals surface area contributed by atoms with E-state index in [1.165, 1.54) is 0 Å². The summed E-state index contributed by atoms with van der Waals surface area (Å²) in [6.45, 7) is 5.71. The number of benzene rings is 1. The third-order valence-corrected chi connectivity index (χ3v) is 5.63. The van der Waals surface area contributed by atoms with Crippen molar-refractivity contribution >= 4 is 39.3 Å². The summed E-state index contributed by atoms with van der Waals surface area (Å²) in [5, 5.41) is 0.955. The molecule has 6 nitrogen and oxygen atoms in total. The summed E-state index contributed by atoms with van der Waals surface area (Å²) in [4.78, 5) is 26.8. The molecule has 28 heavy (non-hydrogen) atoms. The van der Waals surface area contributed by atoms with E-state index < -0.39 is 0 Å². The van der Waals surface area contributed by atoms with Gasteiger partial charge in [-0.15, -0.1) is 0 Å². The SMILES string of the molecule is CC(=O)c1cc2ccc(N3CCCN(C)CC3)nc2n2c1nc1ccccc12. The van der Waals surface area contributed by atoms with Gasteiger partial charge in [0, 0.05) is 25.0 Å². The third-order valence-electron chi connectivity index (χ3n) is 5.63. The summed E-state index contributed by atoms with van der Waals surface area (Å²) < 4.78 is 2.04. The molecule has 6 heteroatoms. The van der Waals surface area contributed by atoms with Crippen LogP contribution in [-0.4, -0.2) is 58.3 Å². The Labute approximate surface area is 163 Å². The zero-order valence-corrected chi connectivity index (χ0v) is 16.2. The van der Waals surface area contributed by atoms with Crippen molar-refractivity contribution in [2.24, 2.45) is 0 Å². The second-order valence-electron chi connectivity index (χ2n) is 7.60. The summed E-state index contributed by atoms with van der Waals surface area (Å²) in [7, 11) is 2.17. The predicted octanol–water partition coefficient (Wildman–Crippen LogP) is 3.38. The van der Waals surface area contributed by atoms with Gasteiger partial charge in [-0.3, -0.25) is 9.20 Å². The van der Waals surface area contributed by atoms with E-state index in [9.17, 15) is 4.79 Å². The molecule has 142 valence electrons. The molecule has 1 aromatic carbocycles. The summed E-state index contributed by atoms with van der Waals surface area (Å²) >= 11 is 0. The van der Waals surface area contributed by atoms with Crippen LogP contribution in [0.15, 0.2) is 42.5 Å². The van der Waals surface area contributed by atoms with Crippen LogP contribution in [0, 0.1) is 0 Å². The maximum Gasteiger partial charge on any atom is 0.163 e. The Morgan fingerprint density at radius 1 is 0.964 bits per heavy atom. The van der Waals surface area contributed by atoms with Crippen LogP contribution in [0.25, 0.3) is 27.7 Å². The van der Waals surface area contributed by atoms with Gasteiger partial charge in [0.2, 0.25) is 0 Å². The van der Waals surface area contributed by atoms with Crippen LogP contribution in [0.5, 0.6) is 0 Å². The highest BCUT2D eigenvalue weighted by atomic mass is 16.1. The topological polar surface area (TPSA) is 53.7 Å². The number of Topliss-reactive ketones (excluding diaryl/α,β-unsaturated/α-hetero) is 1. The largest absolute Gasteiger partial charge is 0.355 e. The summed E-state index contributed by atoms with van der Waals surface area (Å²) in [5.74, 6) is 0.999. The molecule has 4 aromatic rings. The monoisotopic (exact) mass is 373 g/mol. The predicted molar refractivity (Wildman–Crippen MR) is 112 cm³/mol. The number of anilines is 1. The first-order chi connectivity index (χ1) is 13.6. The molecule has 0 amide bonds. The molecule has 0 atom stereocenters. The fraction of sp³-hybridized carbons (Fsp3) is 0.318. The zero-order chi connectivity index (χ0) is 19.3. The summed E-state index contributed by atoms with van der Waals surface area (Å²) in [5.41, 5.74) is 4.02. The lowest BCUT2D eigenvalue weighted by Crippen LogP contribution is -2.29. The van der Waals surface area contributed by atoms with Crippen molar-refractivity contribution in [3.63, 3.8) is 0 Å². The smallest absolute Gasteiger partial charge is 0.163 e. The van der Waals surface area contributed by atoms with Crippen molar-refractivity contribution in [1.29, 1.82) is 0 Å². The van der Waals surface area contributed by atoms with E-state index in [1.807, 2.05) is 34.7 Å². The van der Waals surface area contributed by atoms with Crippen molar-refractivity contribution < 1.29 is 4.79 Å². The fourth-order valence-corrected chi connectivity index (χ4v) is 4.09. The van der Waals surface area contributed by atoms with E-state index >= 15 is 0 Å². The number of imidazole rings is 1. The number of rotatable bonds is 2. The van der Waals surface area contributed by atoms with Crippen molar-refractivity contribution in [1.82, 2.24) is 19.3 Å². The average molecular weight is 373 g/mol. The van der Waals surface area contributed by atoms with Crippen molar-refractivity contribution in [2.75, 3.05) is 38.1 Å². The minimum atomic E-state index is 0.0156. The molecular weight excluding hydrogens is 350 g/mol. The van der Waals surface area contributed by atoms with Gasteiger partial charge in [-0.2, -0.15) is 0 Å². The van der Waals surface area contributed by atoms with Gasteiger partial charge < -0.3 is 9.80 Å². The first kappa shape index (κ1) is 17.1. The zero-order valence-electron chi connectivity index (χ0n) is 16.2. The second-order valence-corrected chi connectivity index (χ2v) is 7.60. The Hall–Kier alpha value is -2.99. The van der Waals surface area contributed by atoms with Gasteiger partial charge in [0.1, 0.15) is 11.5 Å². The van der Waals surface area contributed by atoms with Gasteiger partial charge in [0.15, 0.2) is 11.4 Å². The van der Waals surface area contributed by atoms with Gasteiger partial charge in [0.05, 0.1) is 16.6 Å². The van der Waals surface area contributed by atoms with Crippen molar-refractivity contribution in [3.8, 4) is 0 Å². The molecule has 0 aliphatic carbocycles. The molecule has 0 spiro atoms. The molecule has 0 N–H and O–H groups in total. The van der Waals surface area contributed by atoms with E-state index in [2.05, 4.69) is 29.0 Å². The Balaban J connectivity index is 1.77. The minimum absolute atomic E-state index is 0.0156. The highest BCUT2D eigenvalue weighted by Crippen LogP contribution is 2.27. The second kappa shape index (κ2) is 6.56. The van der Waals surface area contributed by atoms with Crippen LogP contribution >= 0.6 is 0 Å². The number of hydrogen-bond donors (Lipinski definition) is 0. The van der Waals surface area contributed by atoms with Crippen LogP contribution < -0.4 is 4.90 Å². The van der Waals surface area contributed by atoms with Crippen LogP contribution in [-0.2, 0) is 0 Å². The fourth-order valence-electron chi connectivity index (χ4n) is 4.09. The first-order valence-corrected chi connectivity index (χ1v) is 9.77. The highest BCUT2D eigenvalue weighted by molar-refractivity contribution is 6.05. The summed E-state index contributed by atoms with van der Waals surface area (Å²) in [6.07, 6.45) is 1.13. The number of carbonyl (C=O) groups is 1. The van der Waals surface area contributed by atoms with Crippen LogP contribution in [0.2, 0.25) is 0 Å². The molecule has 0 bridgehead atoms. The van der Waals surface area contributed by atoms with Gasteiger partial charge >= 0.3 is 0 Å². The lowest BCUT2D eigenvalue weighted by molar-refractivity contribution is 0.101. The number of aromatic nitrogens is 3. The van der Waals surface area contributed by atoms with Crippen molar-refractivity contribution in [2.45, 2.75) is 13.3 Å². The minimum Gasteiger partial charge on any atom is -0.355 e. The molecule has 3 aromatic heterocycles. The Morgan fingerprint density at radius 3 is 2.68 bits per heavy atom. The number of pyridine rings is 2. The van der Waals surface area contributed by atoms with Crippen LogP contribution in [0.4, 0.5) is 5.82 Å². The molecule has 1 saturated heterocycles. The molecular formula is C22H23N5O. The molecule has 1 aliphatic heterocycles. The van der Waals surface area contributed by atoms with Gasteiger partial charge in [-0.1, -0.05) is 12.1 Å². The van der Waals surface area contributed by atoms with Crippen LogP contribution in [0.3, 0.4) is 0 Å². The molecule has 5 rings (SSSR count). The lowest BCUT2D eigenvalue weighted by atomic mass is 10.1. The number of nitrogens with zero attached hydrogens (tertiary/aromatic N) is 5. The maximum absolute atomic E-state index is 12.3. The standard InChI is InChI=1S/C22H23N5O/c1-15(28)17-14-16-8-9-20(26-11-5-10-25(2)12-13-26)24-21(16)27-19-7-4-3-6-18(19)23-22(17)27/h3-4,6-9,14H,5,10-13H2,1-2H3. The molecule has 0 radical (unpaired) electrons. The number of para-hydroxylation sites is 2. The summed E-state index contributed by atoms with van der Waals surface area (Å²) in [6, 6.07) is 14.1. The van der Waals surface area contributed by atoms with E-state index in [0.29, 0.717) is 11.2 Å². The Kier molecular flexibility index (Phi) is 4.02. The van der Waals surface area contributed by atoms with Crippen LogP contribution in [0.1, 0.15) is 23.7 Å². The highest BCUT2D eigenvalue weighted by Gasteiger charge is 2.18. The lowest BCUT2D eigenvalue weighted by Gasteiger charge is -2.22. The third kappa shape index (κ3) is 2.72. The van der Waals surface area contributed by atoms with E-state index in [0.717, 1.165) is 60.5 Å². The first-order valence-electron chi connectivity index (χ1n) is 9.77. The van der Waals surface area contributed by atoms with E-state index in [-0.39, 0.29) is 5.78 Å². The molecule has 1 aliphatic rings. The van der Waals surface area contributed by atoms with Gasteiger partial charge in [-0.25, -0.2) is 9.97 Å². The quantitative estimate of drug-likeness (QED) is 0.504. The number of likely N-dealkylation sites (N-methyl/N-ethyl adjacent to an activating group) is 1. The van der Waals surface area contributed by atoms with E-state index in [4.69, 9.17) is 9.97 Å². The van der Waals surface area contributed by atoms with E-state index in [1.54, 1.807) is 6.92 Å². The average Bonchev–Trinajstić information content (AvgIpc) is 2.95. The number of hydrogen-bond acceptors (Lipinski definition) is 5. The number of ketones is 1. The van der Waals surface area contributed by atoms with Gasteiger partial charge in [0.25, 0.3) is 0 Å². The normalized spacial score (nSPS) is 16.1. The maximum atomic E-state index is 12.3. The van der Waals surface area contributed by atoms with Gasteiger partial charge in [-0.05, 0) is 57.3 Å². The number of fused-ring (bicyclic) bond motifs is 5.